The Morgan fingerprint density at radius 1 is 1.16 bits per heavy atom. The van der Waals surface area contributed by atoms with Gasteiger partial charge in [-0.1, -0.05) is 59.8 Å². The predicted molar refractivity (Wildman–Crippen MR) is 154 cm³/mol. The summed E-state index contributed by atoms with van der Waals surface area (Å²) in [4.78, 5) is 45.5. The molecule has 1 saturated heterocycles. The number of fused-ring (bicyclic) bond motifs is 1. The van der Waals surface area contributed by atoms with Crippen molar-refractivity contribution in [2.75, 3.05) is 0 Å². The van der Waals surface area contributed by atoms with Crippen LogP contribution in [0, 0.1) is 0 Å². The first-order chi connectivity index (χ1) is 17.5. The summed E-state index contributed by atoms with van der Waals surface area (Å²) in [7, 11) is 0.626. The first kappa shape index (κ1) is 27.4. The highest BCUT2D eigenvalue weighted by Gasteiger charge is 2.54. The number of thiazole rings is 1. The number of amides is 2. The van der Waals surface area contributed by atoms with Crippen molar-refractivity contribution in [2.45, 2.75) is 54.8 Å². The number of β-lactam (4-membered cyclic amide) rings is 1. The minimum atomic E-state index is -2.20. The second kappa shape index (κ2) is 11.4. The molecule has 37 heavy (non-hydrogen) atoms. The van der Waals surface area contributed by atoms with Crippen LogP contribution in [-0.2, 0) is 25.2 Å². The molecule has 0 bridgehead atoms. The molecule has 1 aliphatic rings. The number of nitrogens with one attached hydrogen (secondary N) is 1. The summed E-state index contributed by atoms with van der Waals surface area (Å²) in [5.74, 6) is -1.06. The van der Waals surface area contributed by atoms with Crippen molar-refractivity contribution in [2.24, 2.45) is 0 Å². The minimum absolute atomic E-state index is 0.161. The molecule has 7 nitrogen and oxygen atoms in total. The molecule has 2 heterocycles. The van der Waals surface area contributed by atoms with Crippen LogP contribution in [0.25, 0.3) is 10.2 Å². The second-order valence-corrected chi connectivity index (χ2v) is 17.8. The van der Waals surface area contributed by atoms with Gasteiger partial charge in [-0.05, 0) is 60.6 Å². The van der Waals surface area contributed by atoms with Crippen LogP contribution in [0.3, 0.4) is 0 Å². The Bertz CT molecular complexity index is 1290. The molecule has 1 aromatic heterocycles. The fraction of sp³-hybridized carbons (Fsp3) is 0.308. The lowest BCUT2D eigenvalue weighted by molar-refractivity contribution is -0.158. The van der Waals surface area contributed by atoms with Crippen molar-refractivity contribution in [3.63, 3.8) is 0 Å². The minimum Gasteiger partial charge on any atom is -0.518 e. The normalized spacial score (nSPS) is 18.3. The van der Waals surface area contributed by atoms with Gasteiger partial charge in [0.2, 0.25) is 20.1 Å². The molecule has 2 aromatic carbocycles. The number of rotatable bonds is 10. The summed E-state index contributed by atoms with van der Waals surface area (Å²) >= 11 is 1.56. The Kier molecular flexibility index (Phi) is 8.47. The maximum atomic E-state index is 13.4. The number of benzene rings is 2. The highest BCUT2D eigenvalue weighted by molar-refractivity contribution is 8.77. The molecule has 4 rings (SSSR count). The number of carbonyl (C=O) groups excluding carboxylic acids is 3. The molecule has 194 valence electrons. The van der Waals surface area contributed by atoms with Gasteiger partial charge in [-0.15, -0.1) is 11.3 Å². The van der Waals surface area contributed by atoms with Gasteiger partial charge in [-0.3, -0.25) is 14.4 Å². The standard InChI is InChI=1S/C26H29N3O4S3Si/c1-16(2)22(25(32)33-37(3,4)5)29-23(31)21(28-20(30)15-17-11-7-6-8-12-17)24(29)35-36-26-27-18-13-9-10-14-19(18)34-26/h6-14,21-22,24H,1,15H2,2-5H3,(H,28,30). The van der Waals surface area contributed by atoms with E-state index < -0.39 is 31.7 Å². The summed E-state index contributed by atoms with van der Waals surface area (Å²) in [6.45, 7) is 11.4. The molecule has 0 aliphatic carbocycles. The Balaban J connectivity index is 1.55. The Labute approximate surface area is 229 Å². The third kappa shape index (κ3) is 6.64. The fourth-order valence-corrected chi connectivity index (χ4v) is 8.56. The molecular formula is C26H29N3O4S3Si. The summed E-state index contributed by atoms with van der Waals surface area (Å²) in [5, 5.41) is 2.38. The molecule has 1 fully saturated rings. The van der Waals surface area contributed by atoms with E-state index in [0.717, 1.165) is 20.1 Å². The smallest absolute Gasteiger partial charge is 0.319 e. The van der Waals surface area contributed by atoms with Gasteiger partial charge >= 0.3 is 5.97 Å². The summed E-state index contributed by atoms with van der Waals surface area (Å²) < 4.78 is 7.64. The number of para-hydroxylation sites is 1. The van der Waals surface area contributed by atoms with Crippen molar-refractivity contribution in [3.8, 4) is 0 Å². The zero-order valence-corrected chi connectivity index (χ0v) is 24.5. The van der Waals surface area contributed by atoms with Crippen molar-refractivity contribution >= 4 is 69.2 Å². The third-order valence-corrected chi connectivity index (χ3v) is 10.3. The number of hydrogen-bond donors (Lipinski definition) is 1. The monoisotopic (exact) mass is 571 g/mol. The molecule has 3 unspecified atom stereocenters. The summed E-state index contributed by atoms with van der Waals surface area (Å²) in [6, 6.07) is 15.5. The third-order valence-electron chi connectivity index (χ3n) is 5.47. The largest absolute Gasteiger partial charge is 0.518 e. The average molecular weight is 572 g/mol. The van der Waals surface area contributed by atoms with Gasteiger partial charge in [0.25, 0.3) is 0 Å². The lowest BCUT2D eigenvalue weighted by atomic mass is 9.99. The quantitative estimate of drug-likeness (QED) is 0.154. The van der Waals surface area contributed by atoms with Crippen LogP contribution >= 0.6 is 32.9 Å². The van der Waals surface area contributed by atoms with E-state index in [2.05, 4.69) is 16.9 Å². The second-order valence-electron chi connectivity index (χ2n) is 9.75. The van der Waals surface area contributed by atoms with E-state index >= 15 is 0 Å². The molecule has 0 spiro atoms. The van der Waals surface area contributed by atoms with Gasteiger partial charge in [0, 0.05) is 0 Å². The van der Waals surface area contributed by atoms with E-state index in [0.29, 0.717) is 5.57 Å². The van der Waals surface area contributed by atoms with Crippen LogP contribution in [0.15, 0.2) is 71.1 Å². The van der Waals surface area contributed by atoms with Crippen LogP contribution in [0.2, 0.25) is 19.6 Å². The highest BCUT2D eigenvalue weighted by Crippen LogP contribution is 2.45. The lowest BCUT2D eigenvalue weighted by Gasteiger charge is -2.49. The maximum absolute atomic E-state index is 13.4. The molecule has 0 radical (unpaired) electrons. The van der Waals surface area contributed by atoms with E-state index in [9.17, 15) is 14.4 Å². The van der Waals surface area contributed by atoms with Gasteiger partial charge in [0.1, 0.15) is 11.4 Å². The van der Waals surface area contributed by atoms with Crippen molar-refractivity contribution in [1.29, 1.82) is 0 Å². The van der Waals surface area contributed by atoms with Crippen molar-refractivity contribution in [3.05, 3.63) is 72.3 Å². The van der Waals surface area contributed by atoms with E-state index in [1.54, 1.807) is 18.3 Å². The van der Waals surface area contributed by atoms with Crippen LogP contribution in [0.5, 0.6) is 0 Å². The van der Waals surface area contributed by atoms with Crippen LogP contribution in [0.1, 0.15) is 12.5 Å². The van der Waals surface area contributed by atoms with E-state index in [4.69, 9.17) is 4.43 Å². The molecule has 11 heteroatoms. The molecular weight excluding hydrogens is 543 g/mol. The van der Waals surface area contributed by atoms with E-state index in [-0.39, 0.29) is 18.2 Å². The van der Waals surface area contributed by atoms with Gasteiger partial charge in [-0.2, -0.15) is 0 Å². The number of aromatic nitrogens is 1. The molecule has 1 N–H and O–H groups in total. The van der Waals surface area contributed by atoms with Crippen molar-refractivity contribution < 1.29 is 18.8 Å². The van der Waals surface area contributed by atoms with Crippen LogP contribution in [-0.4, -0.2) is 53.4 Å². The van der Waals surface area contributed by atoms with Crippen LogP contribution < -0.4 is 5.32 Å². The Morgan fingerprint density at radius 2 is 1.84 bits per heavy atom. The Hall–Kier alpha value is -2.60. The maximum Gasteiger partial charge on any atom is 0.319 e. The molecule has 1 aliphatic heterocycles. The highest BCUT2D eigenvalue weighted by atomic mass is 33.1. The fourth-order valence-electron chi connectivity index (χ4n) is 3.89. The van der Waals surface area contributed by atoms with E-state index in [1.807, 2.05) is 74.2 Å². The number of nitrogens with zero attached hydrogens (tertiary/aromatic N) is 2. The summed E-state index contributed by atoms with van der Waals surface area (Å²) in [5.41, 5.74) is 2.28. The first-order valence-corrected chi connectivity index (χ1v) is 18.2. The molecule has 2 amide bonds. The number of likely N-dealkylation sites (tertiary alicyclic amines) is 1. The molecule has 3 aromatic rings. The topological polar surface area (TPSA) is 88.6 Å². The van der Waals surface area contributed by atoms with Gasteiger partial charge in [0.05, 0.1) is 16.6 Å². The first-order valence-electron chi connectivity index (χ1n) is 11.8. The van der Waals surface area contributed by atoms with Gasteiger partial charge < -0.3 is 14.6 Å². The SMILES string of the molecule is C=C(C)C(C(=O)O[Si](C)(C)C)N1C(=O)C(NC(=O)Cc2ccccc2)C1SSc1nc2ccccc2s1. The lowest BCUT2D eigenvalue weighted by Crippen LogP contribution is -2.73. The number of carbonyl (C=O) groups is 3. The Morgan fingerprint density at radius 3 is 2.49 bits per heavy atom. The molecule has 3 atom stereocenters. The van der Waals surface area contributed by atoms with E-state index in [1.165, 1.54) is 26.5 Å². The zero-order chi connectivity index (χ0) is 26.7. The average Bonchev–Trinajstić information content (AvgIpc) is 3.24. The molecule has 0 saturated carbocycles. The summed E-state index contributed by atoms with van der Waals surface area (Å²) in [6.07, 6.45) is 0.161. The predicted octanol–water partition coefficient (Wildman–Crippen LogP) is 5.26. The van der Waals surface area contributed by atoms with Gasteiger partial charge in [-0.25, -0.2) is 4.98 Å². The zero-order valence-electron chi connectivity index (χ0n) is 21.1. The van der Waals surface area contributed by atoms with Crippen LogP contribution in [0.4, 0.5) is 0 Å². The van der Waals surface area contributed by atoms with Crippen molar-refractivity contribution in [1.82, 2.24) is 15.2 Å². The number of hydrogen-bond acceptors (Lipinski definition) is 8. The van der Waals surface area contributed by atoms with Gasteiger partial charge in [0.15, 0.2) is 10.4 Å².